The van der Waals surface area contributed by atoms with Crippen LogP contribution in [-0.2, 0) is 9.53 Å². The average molecular weight is 358 g/mol. The van der Waals surface area contributed by atoms with Gasteiger partial charge in [0.15, 0.2) is 0 Å². The summed E-state index contributed by atoms with van der Waals surface area (Å²) >= 11 is 0. The number of esters is 1. The van der Waals surface area contributed by atoms with Crippen molar-refractivity contribution in [2.75, 3.05) is 13.2 Å². The third-order valence-electron chi connectivity index (χ3n) is 3.36. The zero-order chi connectivity index (χ0) is 18.9. The number of hydrogen-bond donors (Lipinski definition) is 1. The van der Waals surface area contributed by atoms with Crippen LogP contribution in [0.25, 0.3) is 0 Å². The summed E-state index contributed by atoms with van der Waals surface area (Å²) in [5, 5.41) is 13.2. The molecule has 1 N–H and O–H groups in total. The zero-order valence-corrected chi connectivity index (χ0v) is 14.1. The van der Waals surface area contributed by atoms with Gasteiger partial charge in [0.2, 0.25) is 0 Å². The summed E-state index contributed by atoms with van der Waals surface area (Å²) in [6.45, 7) is 1.68. The fourth-order valence-electron chi connectivity index (χ4n) is 2.04. The van der Waals surface area contributed by atoms with E-state index >= 15 is 0 Å². The molecular weight excluding hydrogens is 340 g/mol. The third-order valence-corrected chi connectivity index (χ3v) is 3.36. The van der Waals surface area contributed by atoms with E-state index < -0.39 is 22.8 Å². The molecule has 1 unspecified atom stereocenters. The van der Waals surface area contributed by atoms with Gasteiger partial charge in [-0.15, -0.1) is 0 Å². The Morgan fingerprint density at radius 3 is 2.54 bits per heavy atom. The van der Waals surface area contributed by atoms with Crippen LogP contribution in [0.15, 0.2) is 54.6 Å². The number of nitrogens with zero attached hydrogens (tertiary/aromatic N) is 1. The number of carbonyl (C=O) groups excluding carboxylic acids is 2. The van der Waals surface area contributed by atoms with E-state index in [9.17, 15) is 19.7 Å². The Morgan fingerprint density at radius 2 is 1.85 bits per heavy atom. The van der Waals surface area contributed by atoms with Gasteiger partial charge in [-0.3, -0.25) is 14.9 Å². The molecule has 0 bridgehead atoms. The quantitative estimate of drug-likeness (QED) is 0.336. The molecule has 8 nitrogen and oxygen atoms in total. The Bertz CT molecular complexity index is 778. The number of nitro groups is 1. The Hall–Kier alpha value is -3.42. The normalized spacial score (nSPS) is 11.3. The van der Waals surface area contributed by atoms with Crippen molar-refractivity contribution in [1.82, 2.24) is 5.32 Å². The fraction of sp³-hybridized carbons (Fsp3) is 0.222. The van der Waals surface area contributed by atoms with E-state index in [0.717, 1.165) is 6.07 Å². The molecule has 0 fully saturated rings. The van der Waals surface area contributed by atoms with E-state index in [1.165, 1.54) is 25.1 Å². The van der Waals surface area contributed by atoms with Crippen LogP contribution in [-0.4, -0.2) is 36.1 Å². The first kappa shape index (κ1) is 18.9. The predicted molar refractivity (Wildman–Crippen MR) is 92.9 cm³/mol. The number of nitro benzene ring substituents is 1. The molecule has 0 heterocycles. The SMILES string of the molecule is CC(NC(=O)c1cccc([N+](=O)[O-])c1)C(=O)OCCOc1ccccc1. The van der Waals surface area contributed by atoms with Gasteiger partial charge in [-0.25, -0.2) is 4.79 Å². The molecule has 0 aliphatic carbocycles. The lowest BCUT2D eigenvalue weighted by atomic mass is 10.2. The lowest BCUT2D eigenvalue weighted by Gasteiger charge is -2.13. The van der Waals surface area contributed by atoms with Crippen molar-refractivity contribution < 1.29 is 24.0 Å². The maximum absolute atomic E-state index is 12.1. The maximum atomic E-state index is 12.1. The van der Waals surface area contributed by atoms with Crippen LogP contribution >= 0.6 is 0 Å². The number of amides is 1. The number of non-ortho nitro benzene ring substituents is 1. The third kappa shape index (κ3) is 5.59. The summed E-state index contributed by atoms with van der Waals surface area (Å²) in [6.07, 6.45) is 0. The topological polar surface area (TPSA) is 108 Å². The van der Waals surface area contributed by atoms with Crippen LogP contribution in [0.4, 0.5) is 5.69 Å². The van der Waals surface area contributed by atoms with E-state index in [0.29, 0.717) is 5.75 Å². The van der Waals surface area contributed by atoms with Crippen molar-refractivity contribution in [2.24, 2.45) is 0 Å². The van der Waals surface area contributed by atoms with Gasteiger partial charge in [-0.05, 0) is 25.1 Å². The molecular formula is C18H18N2O6. The second-order valence-electron chi connectivity index (χ2n) is 5.33. The highest BCUT2D eigenvalue weighted by molar-refractivity contribution is 5.97. The number of carbonyl (C=O) groups is 2. The summed E-state index contributed by atoms with van der Waals surface area (Å²) in [5.74, 6) is -0.560. The standard InChI is InChI=1S/C18H18N2O6/c1-13(18(22)26-11-10-25-16-8-3-2-4-9-16)19-17(21)14-6-5-7-15(12-14)20(23)24/h2-9,12-13H,10-11H2,1H3,(H,19,21). The molecule has 26 heavy (non-hydrogen) atoms. The van der Waals surface area contributed by atoms with Gasteiger partial charge in [-0.2, -0.15) is 0 Å². The van der Waals surface area contributed by atoms with Crippen LogP contribution in [0.5, 0.6) is 5.75 Å². The fourth-order valence-corrected chi connectivity index (χ4v) is 2.04. The van der Waals surface area contributed by atoms with Gasteiger partial charge in [-0.1, -0.05) is 24.3 Å². The van der Waals surface area contributed by atoms with Crippen molar-refractivity contribution in [3.8, 4) is 5.75 Å². The molecule has 8 heteroatoms. The predicted octanol–water partition coefficient (Wildman–Crippen LogP) is 2.34. The van der Waals surface area contributed by atoms with Gasteiger partial charge >= 0.3 is 5.97 Å². The second-order valence-corrected chi connectivity index (χ2v) is 5.33. The molecule has 0 aliphatic rings. The van der Waals surface area contributed by atoms with Crippen LogP contribution in [0, 0.1) is 10.1 Å². The molecule has 0 aromatic heterocycles. The maximum Gasteiger partial charge on any atom is 0.328 e. The van der Waals surface area contributed by atoms with Crippen LogP contribution in [0.3, 0.4) is 0 Å². The minimum Gasteiger partial charge on any atom is -0.490 e. The van der Waals surface area contributed by atoms with Gasteiger partial charge in [0.25, 0.3) is 11.6 Å². The van der Waals surface area contributed by atoms with Gasteiger partial charge in [0, 0.05) is 17.7 Å². The van der Waals surface area contributed by atoms with E-state index in [4.69, 9.17) is 9.47 Å². The molecule has 136 valence electrons. The van der Waals surface area contributed by atoms with E-state index in [2.05, 4.69) is 5.32 Å². The highest BCUT2D eigenvalue weighted by Gasteiger charge is 2.19. The molecule has 2 rings (SSSR count). The molecule has 0 saturated heterocycles. The number of benzene rings is 2. The van der Waals surface area contributed by atoms with Crippen molar-refractivity contribution in [1.29, 1.82) is 0 Å². The monoisotopic (exact) mass is 358 g/mol. The summed E-state index contributed by atoms with van der Waals surface area (Å²) in [6, 6.07) is 13.4. The second kappa shape index (κ2) is 9.16. The number of nitrogens with one attached hydrogen (secondary N) is 1. The lowest BCUT2D eigenvalue weighted by molar-refractivity contribution is -0.384. The Morgan fingerprint density at radius 1 is 1.12 bits per heavy atom. The molecule has 0 saturated carbocycles. The molecule has 0 spiro atoms. The highest BCUT2D eigenvalue weighted by atomic mass is 16.6. The summed E-state index contributed by atoms with van der Waals surface area (Å²) in [4.78, 5) is 34.1. The first-order chi connectivity index (χ1) is 12.5. The molecule has 2 aromatic carbocycles. The smallest absolute Gasteiger partial charge is 0.328 e. The zero-order valence-electron chi connectivity index (χ0n) is 14.1. The summed E-state index contributed by atoms with van der Waals surface area (Å²) in [5.41, 5.74) is -0.114. The molecule has 2 aromatic rings. The minimum atomic E-state index is -0.904. The van der Waals surface area contributed by atoms with Crippen molar-refractivity contribution >= 4 is 17.6 Å². The summed E-state index contributed by atoms with van der Waals surface area (Å²) < 4.78 is 10.4. The Kier molecular flexibility index (Phi) is 6.67. The number of ether oxygens (including phenoxy) is 2. The van der Waals surface area contributed by atoms with E-state index in [1.807, 2.05) is 18.2 Å². The van der Waals surface area contributed by atoms with Crippen molar-refractivity contribution in [3.63, 3.8) is 0 Å². The first-order valence-electron chi connectivity index (χ1n) is 7.87. The lowest BCUT2D eigenvalue weighted by Crippen LogP contribution is -2.40. The van der Waals surface area contributed by atoms with Gasteiger partial charge < -0.3 is 14.8 Å². The first-order valence-corrected chi connectivity index (χ1v) is 7.87. The minimum absolute atomic E-state index is 0.0325. The average Bonchev–Trinajstić information content (AvgIpc) is 2.65. The number of hydrogen-bond acceptors (Lipinski definition) is 6. The van der Waals surface area contributed by atoms with Crippen LogP contribution < -0.4 is 10.1 Å². The number of para-hydroxylation sites is 1. The summed E-state index contributed by atoms with van der Waals surface area (Å²) in [7, 11) is 0. The van der Waals surface area contributed by atoms with E-state index in [1.54, 1.807) is 12.1 Å². The largest absolute Gasteiger partial charge is 0.490 e. The Labute approximate surface area is 149 Å². The number of rotatable bonds is 8. The Balaban J connectivity index is 1.78. The van der Waals surface area contributed by atoms with Crippen LogP contribution in [0.2, 0.25) is 0 Å². The molecule has 1 atom stereocenters. The van der Waals surface area contributed by atoms with Crippen molar-refractivity contribution in [2.45, 2.75) is 13.0 Å². The molecule has 0 radical (unpaired) electrons. The highest BCUT2D eigenvalue weighted by Crippen LogP contribution is 2.13. The van der Waals surface area contributed by atoms with Crippen LogP contribution in [0.1, 0.15) is 17.3 Å². The van der Waals surface area contributed by atoms with Gasteiger partial charge in [0.05, 0.1) is 4.92 Å². The molecule has 1 amide bonds. The van der Waals surface area contributed by atoms with E-state index in [-0.39, 0.29) is 24.5 Å². The molecule has 0 aliphatic heterocycles. The van der Waals surface area contributed by atoms with Gasteiger partial charge in [0.1, 0.15) is 25.0 Å². The van der Waals surface area contributed by atoms with Crippen molar-refractivity contribution in [3.05, 3.63) is 70.3 Å².